The average molecular weight is 357 g/mol. The number of amides is 2. The number of anilines is 1. The monoisotopic (exact) mass is 357 g/mol. The van der Waals surface area contributed by atoms with Crippen molar-refractivity contribution in [1.82, 2.24) is 9.88 Å². The standard InChI is InChI=1S/C19H23N3O2S/c1-12-6-7-17(20-10-12)21-18(23)15-5-4-8-22(11-15)19(24)16-9-13(2)14(3)25-16/h6-7,9-10,15H,4-5,8,11H2,1-3H3,(H,20,21,23). The van der Waals surface area contributed by atoms with E-state index < -0.39 is 0 Å². The number of rotatable bonds is 3. The Morgan fingerprint density at radius 2 is 2.08 bits per heavy atom. The van der Waals surface area contributed by atoms with E-state index in [9.17, 15) is 9.59 Å². The quantitative estimate of drug-likeness (QED) is 0.913. The summed E-state index contributed by atoms with van der Waals surface area (Å²) in [6, 6.07) is 5.67. The maximum absolute atomic E-state index is 12.7. The summed E-state index contributed by atoms with van der Waals surface area (Å²) in [5, 5.41) is 2.87. The van der Waals surface area contributed by atoms with Crippen molar-refractivity contribution in [2.24, 2.45) is 5.92 Å². The van der Waals surface area contributed by atoms with Gasteiger partial charge in [0.05, 0.1) is 10.8 Å². The molecule has 0 bridgehead atoms. The van der Waals surface area contributed by atoms with Crippen molar-refractivity contribution in [2.45, 2.75) is 33.6 Å². The predicted octanol–water partition coefficient (Wildman–Crippen LogP) is 3.56. The normalized spacial score (nSPS) is 17.4. The Morgan fingerprint density at radius 3 is 2.72 bits per heavy atom. The number of aromatic nitrogens is 1. The zero-order valence-corrected chi connectivity index (χ0v) is 15.7. The summed E-state index contributed by atoms with van der Waals surface area (Å²) >= 11 is 1.53. The van der Waals surface area contributed by atoms with Crippen LogP contribution in [0.25, 0.3) is 0 Å². The molecule has 2 aromatic heterocycles. The molecule has 0 spiro atoms. The molecular formula is C19H23N3O2S. The van der Waals surface area contributed by atoms with Crippen LogP contribution in [0, 0.1) is 26.7 Å². The number of nitrogens with zero attached hydrogens (tertiary/aromatic N) is 2. The molecule has 1 atom stereocenters. The highest BCUT2D eigenvalue weighted by atomic mass is 32.1. The van der Waals surface area contributed by atoms with Gasteiger partial charge in [0.15, 0.2) is 0 Å². The second-order valence-corrected chi connectivity index (χ2v) is 7.91. The van der Waals surface area contributed by atoms with Crippen LogP contribution in [0.2, 0.25) is 0 Å². The first-order valence-corrected chi connectivity index (χ1v) is 9.35. The van der Waals surface area contributed by atoms with Crippen LogP contribution in [-0.2, 0) is 4.79 Å². The molecule has 6 heteroatoms. The van der Waals surface area contributed by atoms with Gasteiger partial charge in [0.1, 0.15) is 5.82 Å². The number of thiophene rings is 1. The summed E-state index contributed by atoms with van der Waals surface area (Å²) in [6.45, 7) is 7.17. The number of nitrogens with one attached hydrogen (secondary N) is 1. The molecule has 3 rings (SSSR count). The molecule has 1 aliphatic heterocycles. The van der Waals surface area contributed by atoms with Crippen LogP contribution < -0.4 is 5.32 Å². The second kappa shape index (κ2) is 7.35. The molecule has 1 aliphatic rings. The van der Waals surface area contributed by atoms with Crippen LogP contribution in [0.15, 0.2) is 24.4 Å². The molecule has 0 saturated carbocycles. The number of carbonyl (C=O) groups is 2. The maximum Gasteiger partial charge on any atom is 0.263 e. The lowest BCUT2D eigenvalue weighted by atomic mass is 9.97. The molecule has 2 amide bonds. The lowest BCUT2D eigenvalue weighted by Crippen LogP contribution is -2.43. The van der Waals surface area contributed by atoms with E-state index in [1.807, 2.05) is 32.9 Å². The summed E-state index contributed by atoms with van der Waals surface area (Å²) in [7, 11) is 0. The minimum Gasteiger partial charge on any atom is -0.337 e. The summed E-state index contributed by atoms with van der Waals surface area (Å²) in [5.74, 6) is 0.339. The van der Waals surface area contributed by atoms with Crippen molar-refractivity contribution in [3.05, 3.63) is 45.3 Å². The maximum atomic E-state index is 12.7. The lowest BCUT2D eigenvalue weighted by Gasteiger charge is -2.31. The fraction of sp³-hybridized carbons (Fsp3) is 0.421. The third-order valence-electron chi connectivity index (χ3n) is 4.62. The molecule has 1 saturated heterocycles. The first kappa shape index (κ1) is 17.6. The molecule has 3 heterocycles. The van der Waals surface area contributed by atoms with E-state index in [1.54, 1.807) is 17.2 Å². The molecule has 25 heavy (non-hydrogen) atoms. The van der Waals surface area contributed by atoms with E-state index in [0.717, 1.165) is 28.8 Å². The lowest BCUT2D eigenvalue weighted by molar-refractivity contribution is -0.121. The molecule has 0 aromatic carbocycles. The van der Waals surface area contributed by atoms with Gasteiger partial charge in [-0.15, -0.1) is 11.3 Å². The predicted molar refractivity (Wildman–Crippen MR) is 100 cm³/mol. The summed E-state index contributed by atoms with van der Waals surface area (Å²) < 4.78 is 0. The van der Waals surface area contributed by atoms with Gasteiger partial charge in [-0.05, 0) is 56.9 Å². The van der Waals surface area contributed by atoms with E-state index in [-0.39, 0.29) is 17.7 Å². The number of likely N-dealkylation sites (tertiary alicyclic amines) is 1. The molecular weight excluding hydrogens is 334 g/mol. The number of hydrogen-bond donors (Lipinski definition) is 1. The van der Waals surface area contributed by atoms with Crippen molar-refractivity contribution in [3.8, 4) is 0 Å². The van der Waals surface area contributed by atoms with Crippen LogP contribution in [0.4, 0.5) is 5.82 Å². The molecule has 1 N–H and O–H groups in total. The van der Waals surface area contributed by atoms with Crippen LogP contribution >= 0.6 is 11.3 Å². The summed E-state index contributed by atoms with van der Waals surface area (Å²) in [5.41, 5.74) is 2.19. The van der Waals surface area contributed by atoms with Crippen molar-refractivity contribution in [2.75, 3.05) is 18.4 Å². The Bertz CT molecular complexity index is 763. The molecule has 0 aliphatic carbocycles. The van der Waals surface area contributed by atoms with Crippen LogP contribution in [0.1, 0.15) is 38.5 Å². The minimum absolute atomic E-state index is 0.0344. The van der Waals surface area contributed by atoms with E-state index in [4.69, 9.17) is 0 Å². The molecule has 1 unspecified atom stereocenters. The van der Waals surface area contributed by atoms with Gasteiger partial charge in [-0.1, -0.05) is 6.07 Å². The molecule has 0 radical (unpaired) electrons. The highest BCUT2D eigenvalue weighted by Crippen LogP contribution is 2.25. The first-order chi connectivity index (χ1) is 11.9. The van der Waals surface area contributed by atoms with Crippen LogP contribution in [-0.4, -0.2) is 34.8 Å². The first-order valence-electron chi connectivity index (χ1n) is 8.54. The number of aryl methyl sites for hydroxylation is 3. The second-order valence-electron chi connectivity index (χ2n) is 6.65. The zero-order chi connectivity index (χ0) is 18.0. The van der Waals surface area contributed by atoms with Gasteiger partial charge in [-0.25, -0.2) is 4.98 Å². The van der Waals surface area contributed by atoms with Crippen LogP contribution in [0.3, 0.4) is 0 Å². The molecule has 1 fully saturated rings. The Balaban J connectivity index is 1.64. The molecule has 5 nitrogen and oxygen atoms in total. The molecule has 132 valence electrons. The van der Waals surface area contributed by atoms with Crippen molar-refractivity contribution in [1.29, 1.82) is 0 Å². The van der Waals surface area contributed by atoms with Crippen LogP contribution in [0.5, 0.6) is 0 Å². The van der Waals surface area contributed by atoms with Crippen molar-refractivity contribution in [3.63, 3.8) is 0 Å². The third kappa shape index (κ3) is 4.07. The van der Waals surface area contributed by atoms with E-state index >= 15 is 0 Å². The summed E-state index contributed by atoms with van der Waals surface area (Å²) in [6.07, 6.45) is 3.37. The van der Waals surface area contributed by atoms with Gasteiger partial charge in [0, 0.05) is 24.2 Å². The van der Waals surface area contributed by atoms with Gasteiger partial charge in [-0.3, -0.25) is 9.59 Å². The zero-order valence-electron chi connectivity index (χ0n) is 14.8. The average Bonchev–Trinajstić information content (AvgIpc) is 2.95. The Hall–Kier alpha value is -2.21. The Morgan fingerprint density at radius 1 is 1.28 bits per heavy atom. The number of pyridine rings is 1. The van der Waals surface area contributed by atoms with Gasteiger partial charge in [0.2, 0.25) is 5.91 Å². The Kier molecular flexibility index (Phi) is 5.18. The van der Waals surface area contributed by atoms with E-state index in [1.165, 1.54) is 16.2 Å². The fourth-order valence-electron chi connectivity index (χ4n) is 2.98. The van der Waals surface area contributed by atoms with Gasteiger partial charge in [0.25, 0.3) is 5.91 Å². The van der Waals surface area contributed by atoms with Gasteiger partial charge >= 0.3 is 0 Å². The summed E-state index contributed by atoms with van der Waals surface area (Å²) in [4.78, 5) is 33.2. The number of hydrogen-bond acceptors (Lipinski definition) is 4. The van der Waals surface area contributed by atoms with Gasteiger partial charge < -0.3 is 10.2 Å². The van der Waals surface area contributed by atoms with Gasteiger partial charge in [-0.2, -0.15) is 0 Å². The number of carbonyl (C=O) groups excluding carboxylic acids is 2. The largest absolute Gasteiger partial charge is 0.337 e. The van der Waals surface area contributed by atoms with Crippen molar-refractivity contribution >= 4 is 29.0 Å². The SMILES string of the molecule is Cc1ccc(NC(=O)C2CCCN(C(=O)c3cc(C)c(C)s3)C2)nc1. The highest BCUT2D eigenvalue weighted by Gasteiger charge is 2.29. The molecule has 2 aromatic rings. The fourth-order valence-corrected chi connectivity index (χ4v) is 3.98. The smallest absolute Gasteiger partial charge is 0.263 e. The Labute approximate surface area is 152 Å². The van der Waals surface area contributed by atoms with E-state index in [2.05, 4.69) is 10.3 Å². The topological polar surface area (TPSA) is 62.3 Å². The highest BCUT2D eigenvalue weighted by molar-refractivity contribution is 7.14. The third-order valence-corrected chi connectivity index (χ3v) is 5.76. The number of piperidine rings is 1. The van der Waals surface area contributed by atoms with E-state index in [0.29, 0.717) is 18.9 Å². The van der Waals surface area contributed by atoms with Crippen molar-refractivity contribution < 1.29 is 9.59 Å². The minimum atomic E-state index is -0.192.